The summed E-state index contributed by atoms with van der Waals surface area (Å²) in [5.41, 5.74) is 1.87. The van der Waals surface area contributed by atoms with E-state index in [-0.39, 0.29) is 17.5 Å². The zero-order valence-electron chi connectivity index (χ0n) is 14.1. The van der Waals surface area contributed by atoms with E-state index in [0.717, 1.165) is 5.56 Å². The van der Waals surface area contributed by atoms with Crippen LogP contribution >= 0.6 is 15.9 Å². The molecule has 3 rings (SSSR count). The summed E-state index contributed by atoms with van der Waals surface area (Å²) < 4.78 is 2.18. The van der Waals surface area contributed by atoms with E-state index in [2.05, 4.69) is 25.9 Å². The fourth-order valence-corrected chi connectivity index (χ4v) is 2.95. The number of carbonyl (C=O) groups excluding carboxylic acids is 1. The van der Waals surface area contributed by atoms with Crippen LogP contribution in [0.2, 0.25) is 0 Å². The van der Waals surface area contributed by atoms with Gasteiger partial charge in [-0.15, -0.1) is 0 Å². The molecule has 0 fully saturated rings. The number of nitrogens with zero attached hydrogens (tertiary/aromatic N) is 4. The molecule has 25 heavy (non-hydrogen) atoms. The van der Waals surface area contributed by atoms with Crippen molar-refractivity contribution in [2.24, 2.45) is 0 Å². The Kier molecular flexibility index (Phi) is 4.67. The Labute approximate surface area is 153 Å². The number of amides is 1. The fourth-order valence-electron chi connectivity index (χ4n) is 2.63. The maximum Gasteiger partial charge on any atom is 0.263 e. The van der Waals surface area contributed by atoms with Crippen molar-refractivity contribution in [3.8, 4) is 0 Å². The van der Waals surface area contributed by atoms with Crippen LogP contribution in [0.5, 0.6) is 0 Å². The van der Waals surface area contributed by atoms with Crippen LogP contribution in [0.3, 0.4) is 0 Å². The van der Waals surface area contributed by atoms with E-state index >= 15 is 0 Å². The van der Waals surface area contributed by atoms with Crippen molar-refractivity contribution < 1.29 is 4.79 Å². The van der Waals surface area contributed by atoms with Gasteiger partial charge in [-0.1, -0.05) is 12.1 Å². The van der Waals surface area contributed by atoms with Gasteiger partial charge >= 0.3 is 0 Å². The van der Waals surface area contributed by atoms with Crippen molar-refractivity contribution in [3.63, 3.8) is 0 Å². The molecule has 0 saturated heterocycles. The highest BCUT2D eigenvalue weighted by Gasteiger charge is 2.15. The van der Waals surface area contributed by atoms with Crippen molar-refractivity contribution in [1.29, 1.82) is 0 Å². The standard InChI is InChI=1S/C18H17BrN4O2/c1-11(12-5-4-6-13(7-12)17(24)22(2)3)23-10-21-15-8-16(19)20-9-14(15)18(23)25/h4-11H,1-3H3/t11-/m1/s1. The third-order valence-corrected chi connectivity index (χ3v) is 4.51. The zero-order valence-corrected chi connectivity index (χ0v) is 15.7. The quantitative estimate of drug-likeness (QED) is 0.633. The molecular weight excluding hydrogens is 384 g/mol. The molecule has 0 saturated carbocycles. The molecule has 2 heterocycles. The van der Waals surface area contributed by atoms with Crippen molar-refractivity contribution in [2.45, 2.75) is 13.0 Å². The predicted octanol–water partition coefficient (Wildman–Crippen LogP) is 2.87. The van der Waals surface area contributed by atoms with Crippen molar-refractivity contribution in [1.82, 2.24) is 19.4 Å². The molecule has 0 radical (unpaired) electrons. The Balaban J connectivity index is 2.05. The molecule has 7 heteroatoms. The van der Waals surface area contributed by atoms with Gasteiger partial charge in [-0.25, -0.2) is 9.97 Å². The molecule has 128 valence electrons. The molecule has 0 aliphatic rings. The number of hydrogen-bond acceptors (Lipinski definition) is 4. The highest BCUT2D eigenvalue weighted by molar-refractivity contribution is 9.10. The maximum atomic E-state index is 12.8. The van der Waals surface area contributed by atoms with Crippen LogP contribution in [0.1, 0.15) is 28.9 Å². The number of hydrogen-bond donors (Lipinski definition) is 0. The fraction of sp³-hybridized carbons (Fsp3) is 0.222. The van der Waals surface area contributed by atoms with Gasteiger partial charge in [0.1, 0.15) is 4.60 Å². The molecule has 6 nitrogen and oxygen atoms in total. The lowest BCUT2D eigenvalue weighted by Crippen LogP contribution is -2.25. The van der Waals surface area contributed by atoms with Gasteiger partial charge in [0.05, 0.1) is 23.3 Å². The van der Waals surface area contributed by atoms with Gasteiger partial charge in [-0.05, 0) is 46.6 Å². The Bertz CT molecular complexity index is 1010. The molecule has 2 aromatic heterocycles. The molecule has 0 aliphatic carbocycles. The smallest absolute Gasteiger partial charge is 0.263 e. The minimum atomic E-state index is -0.261. The number of benzene rings is 1. The summed E-state index contributed by atoms with van der Waals surface area (Å²) in [7, 11) is 3.42. The SMILES string of the molecule is C[C@H](c1cccc(C(=O)N(C)C)c1)n1cnc2cc(Br)ncc2c1=O. The first kappa shape index (κ1) is 17.3. The number of halogens is 1. The van der Waals surface area contributed by atoms with Crippen molar-refractivity contribution >= 4 is 32.7 Å². The van der Waals surface area contributed by atoms with Gasteiger partial charge in [0.2, 0.25) is 0 Å². The zero-order chi connectivity index (χ0) is 18.1. The van der Waals surface area contributed by atoms with Gasteiger partial charge in [0.25, 0.3) is 11.5 Å². The van der Waals surface area contributed by atoms with E-state index < -0.39 is 0 Å². The summed E-state index contributed by atoms with van der Waals surface area (Å²) in [4.78, 5) is 34.9. The van der Waals surface area contributed by atoms with Gasteiger partial charge in [0, 0.05) is 25.9 Å². The molecule has 1 amide bonds. The van der Waals surface area contributed by atoms with E-state index in [1.54, 1.807) is 30.8 Å². The molecule has 0 spiro atoms. The van der Waals surface area contributed by atoms with Crippen LogP contribution in [-0.2, 0) is 0 Å². The highest BCUT2D eigenvalue weighted by Crippen LogP contribution is 2.19. The third-order valence-electron chi connectivity index (χ3n) is 4.07. The largest absolute Gasteiger partial charge is 0.345 e. The first-order valence-corrected chi connectivity index (χ1v) is 8.52. The Morgan fingerprint density at radius 3 is 2.72 bits per heavy atom. The number of aromatic nitrogens is 3. The van der Waals surface area contributed by atoms with E-state index in [4.69, 9.17) is 0 Å². The van der Waals surface area contributed by atoms with Crippen LogP contribution in [-0.4, -0.2) is 39.4 Å². The number of fused-ring (bicyclic) bond motifs is 1. The summed E-state index contributed by atoms with van der Waals surface area (Å²) in [6, 6.07) is 8.74. The van der Waals surface area contributed by atoms with E-state index in [0.29, 0.717) is 21.1 Å². The second-order valence-electron chi connectivity index (χ2n) is 5.98. The first-order valence-electron chi connectivity index (χ1n) is 7.72. The van der Waals surface area contributed by atoms with Crippen LogP contribution in [0, 0.1) is 0 Å². The lowest BCUT2D eigenvalue weighted by molar-refractivity contribution is 0.0827. The molecular formula is C18H17BrN4O2. The lowest BCUT2D eigenvalue weighted by Gasteiger charge is -2.17. The normalized spacial score (nSPS) is 12.2. The average molecular weight is 401 g/mol. The molecule has 0 bridgehead atoms. The molecule has 3 aromatic rings. The molecule has 0 unspecified atom stereocenters. The second-order valence-corrected chi connectivity index (χ2v) is 6.79. The minimum Gasteiger partial charge on any atom is -0.345 e. The summed E-state index contributed by atoms with van der Waals surface area (Å²) in [6.45, 7) is 1.90. The second kappa shape index (κ2) is 6.76. The topological polar surface area (TPSA) is 68.1 Å². The van der Waals surface area contributed by atoms with Crippen molar-refractivity contribution in [3.05, 3.63) is 68.9 Å². The minimum absolute atomic E-state index is 0.0768. The summed E-state index contributed by atoms with van der Waals surface area (Å²) in [6.07, 6.45) is 3.05. The number of pyridine rings is 1. The summed E-state index contributed by atoms with van der Waals surface area (Å²) in [5.74, 6) is -0.0768. The molecule has 1 atom stereocenters. The molecule has 0 N–H and O–H groups in total. The first-order chi connectivity index (χ1) is 11.9. The van der Waals surface area contributed by atoms with Crippen LogP contribution in [0.15, 0.2) is 52.3 Å². The molecule has 1 aromatic carbocycles. The number of carbonyl (C=O) groups is 1. The van der Waals surface area contributed by atoms with E-state index in [1.807, 2.05) is 25.1 Å². The average Bonchev–Trinajstić information content (AvgIpc) is 2.60. The van der Waals surface area contributed by atoms with Crippen LogP contribution in [0.25, 0.3) is 10.9 Å². The third kappa shape index (κ3) is 3.32. The molecule has 0 aliphatic heterocycles. The predicted molar refractivity (Wildman–Crippen MR) is 99.8 cm³/mol. The van der Waals surface area contributed by atoms with E-state index in [1.165, 1.54) is 17.4 Å². The maximum absolute atomic E-state index is 12.8. The Hall–Kier alpha value is -2.54. The van der Waals surface area contributed by atoms with Gasteiger partial charge in [0.15, 0.2) is 0 Å². The Morgan fingerprint density at radius 1 is 1.24 bits per heavy atom. The number of rotatable bonds is 3. The Morgan fingerprint density at radius 2 is 2.00 bits per heavy atom. The van der Waals surface area contributed by atoms with Gasteiger partial charge in [-0.3, -0.25) is 14.2 Å². The summed E-state index contributed by atoms with van der Waals surface area (Å²) in [5, 5.41) is 0.457. The highest BCUT2D eigenvalue weighted by atomic mass is 79.9. The lowest BCUT2D eigenvalue weighted by atomic mass is 10.0. The monoisotopic (exact) mass is 400 g/mol. The van der Waals surface area contributed by atoms with Crippen LogP contribution in [0.4, 0.5) is 0 Å². The van der Waals surface area contributed by atoms with Crippen LogP contribution < -0.4 is 5.56 Å². The van der Waals surface area contributed by atoms with Crippen molar-refractivity contribution in [2.75, 3.05) is 14.1 Å². The van der Waals surface area contributed by atoms with Gasteiger partial charge in [-0.2, -0.15) is 0 Å². The van der Waals surface area contributed by atoms with E-state index in [9.17, 15) is 9.59 Å². The van der Waals surface area contributed by atoms with Gasteiger partial charge < -0.3 is 4.90 Å². The summed E-state index contributed by atoms with van der Waals surface area (Å²) >= 11 is 3.28.